The lowest BCUT2D eigenvalue weighted by atomic mass is 10.0. The SMILES string of the molecule is O=CN1CCC(Oc2ccc(-c3n[nH]c4ccc(C(=O)NC(c5ccccc5F)C5CC5)cc34)cc2)CC1. The number of nitrogens with one attached hydrogen (secondary N) is 2. The Balaban J connectivity index is 1.19. The van der Waals surface area contributed by atoms with Gasteiger partial charge in [0.1, 0.15) is 17.7 Å². The standard InChI is InChI=1S/C30H29FN4O3/c31-26-4-2-1-3-24(26)28(19-5-6-19)32-30(37)21-9-12-27-25(17-21)29(34-33-27)20-7-10-22(11-8-20)38-23-13-15-35(18-36)16-14-23/h1-4,7-12,17-19,23,28H,5-6,13-16H2,(H,32,37)(H,33,34). The van der Waals surface area contributed by atoms with E-state index in [-0.39, 0.29) is 29.8 Å². The number of halogens is 1. The Morgan fingerprint density at radius 2 is 1.82 bits per heavy atom. The molecule has 1 aromatic heterocycles. The van der Waals surface area contributed by atoms with Crippen LogP contribution >= 0.6 is 0 Å². The van der Waals surface area contributed by atoms with Crippen molar-refractivity contribution in [3.8, 4) is 17.0 Å². The molecule has 1 aliphatic carbocycles. The molecule has 2 fully saturated rings. The molecular formula is C30H29FN4O3. The van der Waals surface area contributed by atoms with Crippen molar-refractivity contribution in [2.45, 2.75) is 37.8 Å². The van der Waals surface area contributed by atoms with Gasteiger partial charge in [0.2, 0.25) is 6.41 Å². The second kappa shape index (κ2) is 10.3. The molecule has 6 rings (SSSR count). The van der Waals surface area contributed by atoms with Crippen molar-refractivity contribution in [2.75, 3.05) is 13.1 Å². The minimum Gasteiger partial charge on any atom is -0.490 e. The second-order valence-electron chi connectivity index (χ2n) is 10.1. The minimum absolute atomic E-state index is 0.0909. The maximum atomic E-state index is 14.5. The number of H-pyrrole nitrogens is 1. The first-order valence-corrected chi connectivity index (χ1v) is 13.1. The first-order chi connectivity index (χ1) is 18.6. The van der Waals surface area contributed by atoms with Gasteiger partial charge < -0.3 is 15.0 Å². The molecule has 0 spiro atoms. The Morgan fingerprint density at radius 1 is 1.05 bits per heavy atom. The van der Waals surface area contributed by atoms with Gasteiger partial charge >= 0.3 is 0 Å². The summed E-state index contributed by atoms with van der Waals surface area (Å²) in [5, 5.41) is 11.5. The van der Waals surface area contributed by atoms with Crippen molar-refractivity contribution in [3.63, 3.8) is 0 Å². The summed E-state index contributed by atoms with van der Waals surface area (Å²) in [5.74, 6) is 0.500. The Morgan fingerprint density at radius 3 is 2.53 bits per heavy atom. The molecule has 4 aromatic rings. The molecular weight excluding hydrogens is 483 g/mol. The third kappa shape index (κ3) is 4.98. The number of rotatable bonds is 8. The zero-order valence-corrected chi connectivity index (χ0v) is 20.9. The molecule has 38 heavy (non-hydrogen) atoms. The third-order valence-electron chi connectivity index (χ3n) is 7.50. The van der Waals surface area contributed by atoms with E-state index in [9.17, 15) is 14.0 Å². The predicted octanol–water partition coefficient (Wildman–Crippen LogP) is 5.25. The quantitative estimate of drug-likeness (QED) is 0.316. The van der Waals surface area contributed by atoms with Crippen molar-refractivity contribution >= 4 is 23.2 Å². The lowest BCUT2D eigenvalue weighted by Crippen LogP contribution is -2.37. The van der Waals surface area contributed by atoms with E-state index in [1.165, 1.54) is 6.07 Å². The topological polar surface area (TPSA) is 87.3 Å². The first kappa shape index (κ1) is 24.2. The van der Waals surface area contributed by atoms with Crippen molar-refractivity contribution in [1.29, 1.82) is 0 Å². The number of aromatic amines is 1. The van der Waals surface area contributed by atoms with Gasteiger partial charge in [-0.2, -0.15) is 5.10 Å². The van der Waals surface area contributed by atoms with Crippen LogP contribution in [0.25, 0.3) is 22.2 Å². The lowest BCUT2D eigenvalue weighted by molar-refractivity contribution is -0.119. The number of piperidine rings is 1. The van der Waals surface area contributed by atoms with Crippen LogP contribution in [0.3, 0.4) is 0 Å². The Bertz CT molecular complexity index is 1460. The zero-order valence-electron chi connectivity index (χ0n) is 20.9. The number of aromatic nitrogens is 2. The van der Waals surface area contributed by atoms with Gasteiger partial charge in [-0.3, -0.25) is 14.7 Å². The maximum Gasteiger partial charge on any atom is 0.251 e. The third-order valence-corrected chi connectivity index (χ3v) is 7.50. The van der Waals surface area contributed by atoms with Crippen molar-refractivity contribution in [3.05, 3.63) is 83.7 Å². The summed E-state index contributed by atoms with van der Waals surface area (Å²) in [6.07, 6.45) is 4.56. The number of fused-ring (bicyclic) bond motifs is 1. The summed E-state index contributed by atoms with van der Waals surface area (Å²) < 4.78 is 20.6. The number of hydrogen-bond acceptors (Lipinski definition) is 4. The van der Waals surface area contributed by atoms with Crippen LogP contribution in [0.15, 0.2) is 66.7 Å². The van der Waals surface area contributed by atoms with Gasteiger partial charge in [0, 0.05) is 48.0 Å². The molecule has 1 unspecified atom stereocenters. The number of ether oxygens (including phenoxy) is 1. The number of benzene rings is 3. The van der Waals surface area contributed by atoms with E-state index in [2.05, 4.69) is 15.5 Å². The summed E-state index contributed by atoms with van der Waals surface area (Å²) >= 11 is 0. The van der Waals surface area contributed by atoms with Crippen LogP contribution in [0.4, 0.5) is 4.39 Å². The van der Waals surface area contributed by atoms with Crippen LogP contribution in [0, 0.1) is 11.7 Å². The van der Waals surface area contributed by atoms with Crippen LogP contribution in [0.2, 0.25) is 0 Å². The molecule has 1 saturated heterocycles. The number of amides is 2. The molecule has 0 radical (unpaired) electrons. The summed E-state index contributed by atoms with van der Waals surface area (Å²) in [6.45, 7) is 1.42. The van der Waals surface area contributed by atoms with Gasteiger partial charge in [0.25, 0.3) is 5.91 Å². The first-order valence-electron chi connectivity index (χ1n) is 13.1. The summed E-state index contributed by atoms with van der Waals surface area (Å²) in [4.78, 5) is 25.9. The van der Waals surface area contributed by atoms with Gasteiger partial charge in [0.15, 0.2) is 0 Å². The molecule has 2 heterocycles. The van der Waals surface area contributed by atoms with E-state index in [0.717, 1.165) is 60.0 Å². The summed E-state index contributed by atoms with van der Waals surface area (Å²) in [5.41, 5.74) is 3.51. The molecule has 8 heteroatoms. The van der Waals surface area contributed by atoms with E-state index in [1.54, 1.807) is 29.2 Å². The number of carbonyl (C=O) groups is 2. The highest BCUT2D eigenvalue weighted by atomic mass is 19.1. The fourth-order valence-electron chi connectivity index (χ4n) is 5.19. The van der Waals surface area contributed by atoms with Crippen LogP contribution in [-0.2, 0) is 4.79 Å². The van der Waals surface area contributed by atoms with Gasteiger partial charge in [-0.25, -0.2) is 4.39 Å². The van der Waals surface area contributed by atoms with Crippen LogP contribution < -0.4 is 10.1 Å². The normalized spacial score (nSPS) is 16.8. The highest BCUT2D eigenvalue weighted by Gasteiger charge is 2.35. The van der Waals surface area contributed by atoms with Gasteiger partial charge in [0.05, 0.1) is 17.3 Å². The predicted molar refractivity (Wildman–Crippen MR) is 142 cm³/mol. The largest absolute Gasteiger partial charge is 0.490 e. The van der Waals surface area contributed by atoms with Gasteiger partial charge in [-0.1, -0.05) is 18.2 Å². The van der Waals surface area contributed by atoms with Crippen molar-refractivity contribution in [2.24, 2.45) is 5.92 Å². The Kier molecular flexibility index (Phi) is 6.54. The number of hydrogen-bond donors (Lipinski definition) is 2. The molecule has 7 nitrogen and oxygen atoms in total. The molecule has 1 saturated carbocycles. The molecule has 2 aliphatic rings. The van der Waals surface area contributed by atoms with Crippen LogP contribution in [-0.4, -0.2) is 46.6 Å². The number of likely N-dealkylation sites (tertiary alicyclic amines) is 1. The summed E-state index contributed by atoms with van der Waals surface area (Å²) in [7, 11) is 0. The van der Waals surface area contributed by atoms with E-state index in [0.29, 0.717) is 24.2 Å². The minimum atomic E-state index is -0.346. The molecule has 2 amide bonds. The second-order valence-corrected chi connectivity index (χ2v) is 10.1. The van der Waals surface area contributed by atoms with E-state index in [4.69, 9.17) is 4.74 Å². The zero-order chi connectivity index (χ0) is 26.1. The van der Waals surface area contributed by atoms with Gasteiger partial charge in [-0.15, -0.1) is 0 Å². The van der Waals surface area contributed by atoms with E-state index in [1.807, 2.05) is 36.4 Å². The van der Waals surface area contributed by atoms with Gasteiger partial charge in [-0.05, 0) is 67.3 Å². The number of nitrogens with zero attached hydrogens (tertiary/aromatic N) is 2. The molecule has 0 bridgehead atoms. The van der Waals surface area contributed by atoms with E-state index < -0.39 is 0 Å². The Labute approximate surface area is 220 Å². The van der Waals surface area contributed by atoms with Crippen LogP contribution in [0.1, 0.15) is 47.6 Å². The van der Waals surface area contributed by atoms with E-state index >= 15 is 0 Å². The molecule has 3 aromatic carbocycles. The fraction of sp³-hybridized carbons (Fsp3) is 0.300. The molecule has 194 valence electrons. The highest BCUT2D eigenvalue weighted by Crippen LogP contribution is 2.42. The highest BCUT2D eigenvalue weighted by molar-refractivity contribution is 6.01. The molecule has 2 N–H and O–H groups in total. The Hall–Kier alpha value is -4.20. The smallest absolute Gasteiger partial charge is 0.251 e. The molecule has 1 atom stereocenters. The fourth-order valence-corrected chi connectivity index (χ4v) is 5.19. The summed E-state index contributed by atoms with van der Waals surface area (Å²) in [6, 6.07) is 19.5. The average molecular weight is 513 g/mol. The van der Waals surface area contributed by atoms with Crippen molar-refractivity contribution < 1.29 is 18.7 Å². The van der Waals surface area contributed by atoms with Crippen molar-refractivity contribution in [1.82, 2.24) is 20.4 Å². The molecule has 1 aliphatic heterocycles. The average Bonchev–Trinajstić information content (AvgIpc) is 3.71. The maximum absolute atomic E-state index is 14.5. The van der Waals surface area contributed by atoms with Crippen LogP contribution in [0.5, 0.6) is 5.75 Å². The lowest BCUT2D eigenvalue weighted by Gasteiger charge is -2.29. The number of carbonyl (C=O) groups excluding carboxylic acids is 2. The monoisotopic (exact) mass is 512 g/mol.